The van der Waals surface area contributed by atoms with Gasteiger partial charge in [0.2, 0.25) is 0 Å². The zero-order valence-electron chi connectivity index (χ0n) is 34.7. The summed E-state index contributed by atoms with van der Waals surface area (Å²) in [6.45, 7) is 0. The van der Waals surface area contributed by atoms with Gasteiger partial charge in [0.05, 0.1) is 33.2 Å². The van der Waals surface area contributed by atoms with Gasteiger partial charge in [-0.1, -0.05) is 164 Å². The van der Waals surface area contributed by atoms with Gasteiger partial charge in [0, 0.05) is 43.6 Å². The molecule has 0 unspecified atom stereocenters. The highest BCUT2D eigenvalue weighted by Gasteiger charge is 2.47. The third-order valence-electron chi connectivity index (χ3n) is 14.0. The van der Waals surface area contributed by atoms with Crippen LogP contribution in [0.4, 0.5) is 0 Å². The number of rotatable bonds is 5. The molecule has 3 nitrogen and oxygen atoms in total. The predicted octanol–water partition coefficient (Wildman–Crippen LogP) is 15.8. The molecular weight excluding hydrogens is 777 g/mol. The fraction of sp³-hybridized carbons (Fsp3) is 0.0164. The molecule has 13 aromatic rings. The summed E-state index contributed by atoms with van der Waals surface area (Å²) in [4.78, 5) is 0. The van der Waals surface area contributed by atoms with E-state index in [-0.39, 0.29) is 0 Å². The first kappa shape index (κ1) is 35.2. The number of hydrogen-bond donors (Lipinski definition) is 0. The Bertz CT molecular complexity index is 3980. The van der Waals surface area contributed by atoms with E-state index in [0.29, 0.717) is 0 Å². The number of furan rings is 1. The molecule has 0 aliphatic heterocycles. The van der Waals surface area contributed by atoms with E-state index in [0.717, 1.165) is 38.8 Å². The molecule has 14 rings (SSSR count). The maximum absolute atomic E-state index is 6.31. The zero-order valence-corrected chi connectivity index (χ0v) is 34.7. The van der Waals surface area contributed by atoms with Crippen LogP contribution in [0.3, 0.4) is 0 Å². The van der Waals surface area contributed by atoms with Gasteiger partial charge in [-0.05, 0) is 106 Å². The van der Waals surface area contributed by atoms with E-state index in [4.69, 9.17) is 4.42 Å². The van der Waals surface area contributed by atoms with E-state index in [2.05, 4.69) is 228 Å². The van der Waals surface area contributed by atoms with Crippen molar-refractivity contribution < 1.29 is 4.42 Å². The van der Waals surface area contributed by atoms with Crippen molar-refractivity contribution in [2.75, 3.05) is 0 Å². The van der Waals surface area contributed by atoms with Crippen LogP contribution in [0.25, 0.3) is 99.2 Å². The number of aromatic nitrogens is 2. The van der Waals surface area contributed by atoms with Crippen LogP contribution in [0.1, 0.15) is 22.3 Å². The normalized spacial score (nSPS) is 13.1. The van der Waals surface area contributed by atoms with Crippen LogP contribution in [0.5, 0.6) is 0 Å². The summed E-state index contributed by atoms with van der Waals surface area (Å²) in [5.41, 5.74) is 18.4. The van der Waals surface area contributed by atoms with Crippen molar-refractivity contribution in [2.45, 2.75) is 5.41 Å². The van der Waals surface area contributed by atoms with E-state index in [1.807, 2.05) is 12.1 Å². The van der Waals surface area contributed by atoms with Crippen molar-refractivity contribution in [2.24, 2.45) is 0 Å². The Morgan fingerprint density at radius 1 is 0.328 bits per heavy atom. The van der Waals surface area contributed by atoms with Crippen molar-refractivity contribution in [3.63, 3.8) is 0 Å². The lowest BCUT2D eigenvalue weighted by atomic mass is 9.68. The Balaban J connectivity index is 0.972. The second-order valence-electron chi connectivity index (χ2n) is 17.2. The van der Waals surface area contributed by atoms with Crippen molar-refractivity contribution >= 4 is 65.6 Å². The first-order valence-corrected chi connectivity index (χ1v) is 22.1. The summed E-state index contributed by atoms with van der Waals surface area (Å²) in [5, 5.41) is 7.18. The van der Waals surface area contributed by atoms with Crippen molar-refractivity contribution in [3.8, 4) is 33.6 Å². The maximum Gasteiger partial charge on any atom is 0.136 e. The van der Waals surface area contributed by atoms with Gasteiger partial charge in [-0.3, -0.25) is 0 Å². The highest BCUT2D eigenvalue weighted by Crippen LogP contribution is 2.58. The molecule has 0 spiro atoms. The number of benzene rings is 10. The van der Waals surface area contributed by atoms with Crippen LogP contribution in [0.15, 0.2) is 235 Å². The van der Waals surface area contributed by atoms with Gasteiger partial charge in [-0.2, -0.15) is 0 Å². The van der Waals surface area contributed by atoms with Crippen LogP contribution < -0.4 is 0 Å². The molecule has 0 saturated carbocycles. The lowest BCUT2D eigenvalue weighted by molar-refractivity contribution is 0.669. The van der Waals surface area contributed by atoms with Crippen LogP contribution in [0, 0.1) is 0 Å². The standard InChI is InChI=1S/C61H38N2O/c1-3-16-41(17-4-1)61(42-18-5-2-6-19-42)51-24-11-7-23-48(51)60-52(61)25-15-28-57(60)63-54-27-13-9-21-45(54)50-38-43(32-35-56(50)63)62-53-26-12-8-20-44(53)49-36-39(31-34-55(49)62)40-30-33-47-46-22-10-14-29-58(46)64-59(47)37-40/h1-38H. The molecule has 3 heteroatoms. The number of para-hydroxylation sites is 3. The fourth-order valence-electron chi connectivity index (χ4n) is 11.4. The largest absolute Gasteiger partial charge is 0.456 e. The van der Waals surface area contributed by atoms with Gasteiger partial charge in [0.25, 0.3) is 0 Å². The topological polar surface area (TPSA) is 23.0 Å². The van der Waals surface area contributed by atoms with Gasteiger partial charge in [0.15, 0.2) is 0 Å². The minimum atomic E-state index is -0.479. The molecule has 298 valence electrons. The minimum absolute atomic E-state index is 0.479. The van der Waals surface area contributed by atoms with E-state index >= 15 is 0 Å². The summed E-state index contributed by atoms with van der Waals surface area (Å²) in [5.74, 6) is 0. The van der Waals surface area contributed by atoms with Gasteiger partial charge in [0.1, 0.15) is 11.2 Å². The Labute approximate surface area is 369 Å². The van der Waals surface area contributed by atoms with Gasteiger partial charge >= 0.3 is 0 Å². The molecule has 64 heavy (non-hydrogen) atoms. The van der Waals surface area contributed by atoms with Crippen LogP contribution in [0.2, 0.25) is 0 Å². The Morgan fingerprint density at radius 2 is 0.875 bits per heavy atom. The van der Waals surface area contributed by atoms with Gasteiger partial charge in [-0.15, -0.1) is 0 Å². The average Bonchev–Trinajstić information content (AvgIpc) is 4.09. The molecule has 0 amide bonds. The predicted molar refractivity (Wildman–Crippen MR) is 265 cm³/mol. The van der Waals surface area contributed by atoms with E-state index in [9.17, 15) is 0 Å². The summed E-state index contributed by atoms with van der Waals surface area (Å²) < 4.78 is 11.3. The zero-order chi connectivity index (χ0) is 41.9. The van der Waals surface area contributed by atoms with Gasteiger partial charge in [-0.25, -0.2) is 0 Å². The molecule has 0 bridgehead atoms. The molecule has 10 aromatic carbocycles. The monoisotopic (exact) mass is 814 g/mol. The summed E-state index contributed by atoms with van der Waals surface area (Å²) >= 11 is 0. The molecule has 0 saturated heterocycles. The first-order valence-electron chi connectivity index (χ1n) is 22.1. The third kappa shape index (κ3) is 4.76. The molecule has 0 atom stereocenters. The van der Waals surface area contributed by atoms with Crippen molar-refractivity contribution in [1.29, 1.82) is 0 Å². The Morgan fingerprint density at radius 3 is 1.66 bits per heavy atom. The van der Waals surface area contributed by atoms with Gasteiger partial charge < -0.3 is 13.6 Å². The quantitative estimate of drug-likeness (QED) is 0.170. The second kappa shape index (κ2) is 13.3. The Hall–Kier alpha value is -8.40. The van der Waals surface area contributed by atoms with E-state index in [1.54, 1.807) is 0 Å². The average molecular weight is 815 g/mol. The molecule has 3 aromatic heterocycles. The molecular formula is C61H38N2O. The highest BCUT2D eigenvalue weighted by molar-refractivity contribution is 6.14. The molecule has 1 aliphatic carbocycles. The van der Waals surface area contributed by atoms with E-state index < -0.39 is 5.41 Å². The summed E-state index contributed by atoms with van der Waals surface area (Å²) in [6, 6.07) is 84.6. The lowest BCUT2D eigenvalue weighted by Gasteiger charge is -2.34. The maximum atomic E-state index is 6.31. The van der Waals surface area contributed by atoms with Crippen LogP contribution >= 0.6 is 0 Å². The molecule has 0 fully saturated rings. The molecule has 3 heterocycles. The molecule has 0 N–H and O–H groups in total. The fourth-order valence-corrected chi connectivity index (χ4v) is 11.4. The van der Waals surface area contributed by atoms with Crippen molar-refractivity contribution in [1.82, 2.24) is 9.13 Å². The highest BCUT2D eigenvalue weighted by atomic mass is 16.3. The smallest absolute Gasteiger partial charge is 0.136 e. The SMILES string of the molecule is c1ccc(C2(c3ccccc3)c3ccccc3-c3c(-n4c5ccccc5c5cc(-n6c7ccccc7c7cc(-c8ccc9c(c8)oc8ccccc89)ccc76)ccc54)cccc32)cc1. The molecule has 1 aliphatic rings. The van der Waals surface area contributed by atoms with Crippen molar-refractivity contribution in [3.05, 3.63) is 253 Å². The third-order valence-corrected chi connectivity index (χ3v) is 14.0. The summed E-state index contributed by atoms with van der Waals surface area (Å²) in [7, 11) is 0. The summed E-state index contributed by atoms with van der Waals surface area (Å²) in [6.07, 6.45) is 0. The Kier molecular flexibility index (Phi) is 7.32. The number of hydrogen-bond acceptors (Lipinski definition) is 1. The lowest BCUT2D eigenvalue weighted by Crippen LogP contribution is -2.28. The second-order valence-corrected chi connectivity index (χ2v) is 17.2. The molecule has 0 radical (unpaired) electrons. The van der Waals surface area contributed by atoms with Crippen LogP contribution in [-0.4, -0.2) is 9.13 Å². The van der Waals surface area contributed by atoms with Crippen LogP contribution in [-0.2, 0) is 5.41 Å². The number of nitrogens with zero attached hydrogens (tertiary/aromatic N) is 2. The van der Waals surface area contributed by atoms with E-state index in [1.165, 1.54) is 82.7 Å². The number of fused-ring (bicyclic) bond motifs is 12. The minimum Gasteiger partial charge on any atom is -0.456 e. The first-order chi connectivity index (χ1) is 31.8.